The van der Waals surface area contributed by atoms with E-state index < -0.39 is 18.2 Å². The standard InChI is InChI=1S/C7H6F2O/c8-4-5-1-2-7(10)6(9)3-5/h1-3,10H,4H2. The SMILES string of the molecule is Oc1ccc(CF)cc1F. The average molecular weight is 144 g/mol. The molecule has 0 aromatic heterocycles. The molecule has 3 heteroatoms. The molecule has 1 aromatic rings. The van der Waals surface area contributed by atoms with Crippen LogP contribution in [0.4, 0.5) is 8.78 Å². The summed E-state index contributed by atoms with van der Waals surface area (Å²) in [6.45, 7) is -0.711. The molecule has 1 aromatic carbocycles. The third kappa shape index (κ3) is 1.23. The molecule has 0 aliphatic heterocycles. The van der Waals surface area contributed by atoms with Gasteiger partial charge in [-0.05, 0) is 17.7 Å². The summed E-state index contributed by atoms with van der Waals surface area (Å²) in [5, 5.41) is 8.64. The first-order valence-corrected chi connectivity index (χ1v) is 2.77. The smallest absolute Gasteiger partial charge is 0.165 e. The number of benzene rings is 1. The lowest BCUT2D eigenvalue weighted by atomic mass is 10.2. The van der Waals surface area contributed by atoms with Crippen molar-refractivity contribution in [3.05, 3.63) is 29.6 Å². The normalized spacial score (nSPS) is 9.80. The second-order valence-corrected chi connectivity index (χ2v) is 1.92. The van der Waals surface area contributed by atoms with Gasteiger partial charge in [0.2, 0.25) is 0 Å². The van der Waals surface area contributed by atoms with Crippen LogP contribution in [-0.4, -0.2) is 5.11 Å². The molecule has 0 radical (unpaired) electrons. The van der Waals surface area contributed by atoms with Crippen molar-refractivity contribution in [2.45, 2.75) is 6.67 Å². The lowest BCUT2D eigenvalue weighted by Crippen LogP contribution is -1.81. The van der Waals surface area contributed by atoms with Crippen molar-refractivity contribution in [3.8, 4) is 5.75 Å². The van der Waals surface area contributed by atoms with Crippen LogP contribution in [0.15, 0.2) is 18.2 Å². The Morgan fingerprint density at radius 3 is 2.60 bits per heavy atom. The van der Waals surface area contributed by atoms with E-state index in [1.54, 1.807) is 0 Å². The van der Waals surface area contributed by atoms with Crippen molar-refractivity contribution >= 4 is 0 Å². The monoisotopic (exact) mass is 144 g/mol. The maximum Gasteiger partial charge on any atom is 0.165 e. The van der Waals surface area contributed by atoms with Crippen LogP contribution in [0.5, 0.6) is 5.75 Å². The maximum absolute atomic E-state index is 12.3. The Morgan fingerprint density at radius 2 is 2.10 bits per heavy atom. The van der Waals surface area contributed by atoms with Crippen molar-refractivity contribution in [1.82, 2.24) is 0 Å². The maximum atomic E-state index is 12.3. The Kier molecular flexibility index (Phi) is 1.85. The quantitative estimate of drug-likeness (QED) is 0.639. The fourth-order valence-corrected chi connectivity index (χ4v) is 0.634. The second kappa shape index (κ2) is 2.64. The van der Waals surface area contributed by atoms with Gasteiger partial charge in [0.15, 0.2) is 11.6 Å². The molecular formula is C7H6F2O. The summed E-state index contributed by atoms with van der Waals surface area (Å²) in [5.74, 6) is -1.23. The number of halogens is 2. The summed E-state index contributed by atoms with van der Waals surface area (Å²) in [7, 11) is 0. The van der Waals surface area contributed by atoms with E-state index in [0.717, 1.165) is 12.1 Å². The summed E-state index contributed by atoms with van der Waals surface area (Å²) in [4.78, 5) is 0. The average Bonchev–Trinajstić information content (AvgIpc) is 1.95. The highest BCUT2D eigenvalue weighted by molar-refractivity contribution is 5.27. The van der Waals surface area contributed by atoms with Crippen LogP contribution in [-0.2, 0) is 6.67 Å². The van der Waals surface area contributed by atoms with Gasteiger partial charge >= 0.3 is 0 Å². The van der Waals surface area contributed by atoms with Crippen molar-refractivity contribution < 1.29 is 13.9 Å². The Bertz CT molecular complexity index is 235. The first-order chi connectivity index (χ1) is 4.74. The highest BCUT2D eigenvalue weighted by Crippen LogP contribution is 2.16. The lowest BCUT2D eigenvalue weighted by molar-refractivity contribution is 0.428. The first kappa shape index (κ1) is 6.99. The summed E-state index contributed by atoms with van der Waals surface area (Å²) in [6, 6.07) is 3.43. The second-order valence-electron chi connectivity index (χ2n) is 1.92. The van der Waals surface area contributed by atoms with Gasteiger partial charge in [0, 0.05) is 0 Å². The minimum absolute atomic E-state index is 0.232. The Labute approximate surface area is 56.9 Å². The largest absolute Gasteiger partial charge is 0.505 e. The Balaban J connectivity index is 3.04. The van der Waals surface area contributed by atoms with E-state index in [0.29, 0.717) is 0 Å². The molecule has 0 atom stereocenters. The zero-order valence-corrected chi connectivity index (χ0v) is 5.14. The summed E-state index contributed by atoms with van der Waals surface area (Å²) >= 11 is 0. The van der Waals surface area contributed by atoms with Crippen LogP contribution in [0.3, 0.4) is 0 Å². The van der Waals surface area contributed by atoms with E-state index in [1.165, 1.54) is 6.07 Å². The van der Waals surface area contributed by atoms with Crippen LogP contribution < -0.4 is 0 Å². The van der Waals surface area contributed by atoms with Crippen LogP contribution in [0.1, 0.15) is 5.56 Å². The van der Waals surface area contributed by atoms with Gasteiger partial charge in [-0.2, -0.15) is 0 Å². The van der Waals surface area contributed by atoms with E-state index in [2.05, 4.69) is 0 Å². The van der Waals surface area contributed by atoms with E-state index in [9.17, 15) is 8.78 Å². The zero-order valence-electron chi connectivity index (χ0n) is 5.14. The molecule has 0 spiro atoms. The van der Waals surface area contributed by atoms with Gasteiger partial charge in [-0.3, -0.25) is 0 Å². The van der Waals surface area contributed by atoms with Gasteiger partial charge in [-0.1, -0.05) is 6.07 Å². The number of aromatic hydroxyl groups is 1. The molecule has 1 rings (SSSR count). The van der Waals surface area contributed by atoms with Gasteiger partial charge in [0.05, 0.1) is 0 Å². The molecule has 1 N–H and O–H groups in total. The van der Waals surface area contributed by atoms with Crippen LogP contribution in [0.2, 0.25) is 0 Å². The van der Waals surface area contributed by atoms with Gasteiger partial charge in [0.1, 0.15) is 6.67 Å². The fourth-order valence-electron chi connectivity index (χ4n) is 0.634. The first-order valence-electron chi connectivity index (χ1n) is 2.77. The Morgan fingerprint density at radius 1 is 1.40 bits per heavy atom. The van der Waals surface area contributed by atoms with Crippen molar-refractivity contribution in [2.24, 2.45) is 0 Å². The fraction of sp³-hybridized carbons (Fsp3) is 0.143. The molecule has 0 heterocycles. The van der Waals surface area contributed by atoms with E-state index in [-0.39, 0.29) is 5.56 Å². The van der Waals surface area contributed by atoms with Crippen LogP contribution in [0, 0.1) is 5.82 Å². The molecule has 54 valence electrons. The topological polar surface area (TPSA) is 20.2 Å². The van der Waals surface area contributed by atoms with E-state index >= 15 is 0 Å². The van der Waals surface area contributed by atoms with Gasteiger partial charge in [-0.15, -0.1) is 0 Å². The molecule has 0 aliphatic carbocycles. The highest BCUT2D eigenvalue weighted by Gasteiger charge is 1.99. The Hall–Kier alpha value is -1.12. The zero-order chi connectivity index (χ0) is 7.56. The summed E-state index contributed by atoms with van der Waals surface area (Å²) in [6.07, 6.45) is 0. The predicted octanol–water partition coefficient (Wildman–Crippen LogP) is 2.00. The molecule has 0 amide bonds. The highest BCUT2D eigenvalue weighted by atomic mass is 19.1. The number of hydrogen-bond donors (Lipinski definition) is 1. The number of phenolic OH excluding ortho intramolecular Hbond substituents is 1. The molecule has 0 saturated carbocycles. The number of rotatable bonds is 1. The number of hydrogen-bond acceptors (Lipinski definition) is 1. The van der Waals surface area contributed by atoms with Crippen molar-refractivity contribution in [2.75, 3.05) is 0 Å². The third-order valence-electron chi connectivity index (χ3n) is 1.17. The molecular weight excluding hydrogens is 138 g/mol. The van der Waals surface area contributed by atoms with Crippen molar-refractivity contribution in [3.63, 3.8) is 0 Å². The summed E-state index contributed by atoms with van der Waals surface area (Å²) in [5.41, 5.74) is 0.232. The lowest BCUT2D eigenvalue weighted by Gasteiger charge is -1.95. The van der Waals surface area contributed by atoms with E-state index in [1.807, 2.05) is 0 Å². The minimum Gasteiger partial charge on any atom is -0.505 e. The van der Waals surface area contributed by atoms with Crippen LogP contribution >= 0.6 is 0 Å². The number of alkyl halides is 1. The molecule has 1 nitrogen and oxygen atoms in total. The molecule has 0 bridgehead atoms. The predicted molar refractivity (Wildman–Crippen MR) is 32.9 cm³/mol. The van der Waals surface area contributed by atoms with Crippen LogP contribution in [0.25, 0.3) is 0 Å². The molecule has 0 fully saturated rings. The molecule has 0 saturated heterocycles. The summed E-state index contributed by atoms with van der Waals surface area (Å²) < 4.78 is 24.1. The van der Waals surface area contributed by atoms with Crippen molar-refractivity contribution in [1.29, 1.82) is 0 Å². The molecule has 10 heavy (non-hydrogen) atoms. The minimum atomic E-state index is -0.782. The van der Waals surface area contributed by atoms with Gasteiger partial charge < -0.3 is 5.11 Å². The van der Waals surface area contributed by atoms with Gasteiger partial charge in [0.25, 0.3) is 0 Å². The molecule has 0 aliphatic rings. The number of phenols is 1. The van der Waals surface area contributed by atoms with Gasteiger partial charge in [-0.25, -0.2) is 8.78 Å². The molecule has 0 unspecified atom stereocenters. The third-order valence-corrected chi connectivity index (χ3v) is 1.17. The van der Waals surface area contributed by atoms with E-state index in [4.69, 9.17) is 5.11 Å².